The maximum atomic E-state index is 13.5. The van der Waals surface area contributed by atoms with E-state index in [-0.39, 0.29) is 11.9 Å². The van der Waals surface area contributed by atoms with Crippen LogP contribution in [0.2, 0.25) is 0 Å². The van der Waals surface area contributed by atoms with Crippen molar-refractivity contribution in [2.24, 2.45) is 5.92 Å². The summed E-state index contributed by atoms with van der Waals surface area (Å²) in [5.74, 6) is -0.279. The summed E-state index contributed by atoms with van der Waals surface area (Å²) in [6.07, 6.45) is 1.00. The van der Waals surface area contributed by atoms with Gasteiger partial charge < -0.3 is 14.8 Å². The zero-order valence-corrected chi connectivity index (χ0v) is 15.1. The number of carbonyl (C=O) groups excluding carboxylic acids is 1. The third-order valence-corrected chi connectivity index (χ3v) is 5.08. The molecule has 2 unspecified atom stereocenters. The molecule has 0 saturated carbocycles. The molecule has 7 heteroatoms. The standard InChI is InChI=1S/C17H22BrFN2O3/c18-14-7-13(8-15(19)9-14)17(22)20-10-16(12-1-4-24-11-12)21-2-5-23-6-3-21/h7-9,12,16H,1-6,10-11H2,(H,20,22). The number of hydrogen-bond acceptors (Lipinski definition) is 4. The van der Waals surface area contributed by atoms with Gasteiger partial charge in [0.05, 0.1) is 19.8 Å². The average molecular weight is 401 g/mol. The van der Waals surface area contributed by atoms with Gasteiger partial charge in [-0.15, -0.1) is 0 Å². The zero-order valence-electron chi connectivity index (χ0n) is 13.5. The minimum Gasteiger partial charge on any atom is -0.381 e. The molecule has 1 aromatic carbocycles. The van der Waals surface area contributed by atoms with Crippen molar-refractivity contribution in [3.05, 3.63) is 34.1 Å². The van der Waals surface area contributed by atoms with Gasteiger partial charge in [-0.3, -0.25) is 9.69 Å². The molecule has 1 aromatic rings. The predicted octanol–water partition coefficient (Wildman–Crippen LogP) is 2.06. The highest BCUT2D eigenvalue weighted by atomic mass is 79.9. The fourth-order valence-corrected chi connectivity index (χ4v) is 3.81. The summed E-state index contributed by atoms with van der Waals surface area (Å²) in [5.41, 5.74) is 0.324. The largest absolute Gasteiger partial charge is 0.381 e. The number of nitrogens with zero attached hydrogens (tertiary/aromatic N) is 1. The Morgan fingerprint density at radius 3 is 2.75 bits per heavy atom. The van der Waals surface area contributed by atoms with Crippen LogP contribution in [0.5, 0.6) is 0 Å². The maximum Gasteiger partial charge on any atom is 0.251 e. The number of carbonyl (C=O) groups is 1. The molecule has 2 aliphatic heterocycles. The molecular formula is C17H22BrFN2O3. The van der Waals surface area contributed by atoms with E-state index in [1.165, 1.54) is 12.1 Å². The van der Waals surface area contributed by atoms with Gasteiger partial charge in [-0.1, -0.05) is 15.9 Å². The summed E-state index contributed by atoms with van der Waals surface area (Å²) < 4.78 is 25.0. The summed E-state index contributed by atoms with van der Waals surface area (Å²) in [6, 6.07) is 4.43. The van der Waals surface area contributed by atoms with E-state index in [1.807, 2.05) is 0 Å². The first kappa shape index (κ1) is 17.8. The predicted molar refractivity (Wildman–Crippen MR) is 91.5 cm³/mol. The molecule has 2 saturated heterocycles. The molecule has 2 heterocycles. The zero-order chi connectivity index (χ0) is 16.9. The molecule has 1 N–H and O–H groups in total. The molecule has 5 nitrogen and oxygen atoms in total. The van der Waals surface area contributed by atoms with Gasteiger partial charge in [0.2, 0.25) is 0 Å². The topological polar surface area (TPSA) is 50.8 Å². The number of ether oxygens (including phenoxy) is 2. The lowest BCUT2D eigenvalue weighted by Gasteiger charge is -2.37. The number of morpholine rings is 1. The van der Waals surface area contributed by atoms with Crippen molar-refractivity contribution in [1.29, 1.82) is 0 Å². The summed E-state index contributed by atoms with van der Waals surface area (Å²) in [6.45, 7) is 5.19. The summed E-state index contributed by atoms with van der Waals surface area (Å²) >= 11 is 3.22. The lowest BCUT2D eigenvalue weighted by atomic mass is 9.96. The Hall–Kier alpha value is -1.02. The van der Waals surface area contributed by atoms with E-state index in [0.29, 0.717) is 22.5 Å². The highest BCUT2D eigenvalue weighted by Crippen LogP contribution is 2.22. The smallest absolute Gasteiger partial charge is 0.251 e. The summed E-state index contributed by atoms with van der Waals surface area (Å²) in [4.78, 5) is 14.7. The third kappa shape index (κ3) is 4.53. The molecule has 2 fully saturated rings. The van der Waals surface area contributed by atoms with Crippen LogP contribution in [0.3, 0.4) is 0 Å². The fourth-order valence-electron chi connectivity index (χ4n) is 3.34. The van der Waals surface area contributed by atoms with Crippen LogP contribution < -0.4 is 5.32 Å². The van der Waals surface area contributed by atoms with Crippen molar-refractivity contribution >= 4 is 21.8 Å². The molecule has 0 aliphatic carbocycles. The van der Waals surface area contributed by atoms with Crippen LogP contribution in [0, 0.1) is 11.7 Å². The number of halogens is 2. The maximum absolute atomic E-state index is 13.5. The molecule has 0 aromatic heterocycles. The van der Waals surface area contributed by atoms with Crippen molar-refractivity contribution in [1.82, 2.24) is 10.2 Å². The van der Waals surface area contributed by atoms with Crippen LogP contribution >= 0.6 is 15.9 Å². The minimum atomic E-state index is -0.427. The van der Waals surface area contributed by atoms with Crippen molar-refractivity contribution in [3.63, 3.8) is 0 Å². The second-order valence-electron chi connectivity index (χ2n) is 6.21. The molecule has 0 spiro atoms. The lowest BCUT2D eigenvalue weighted by molar-refractivity contribution is 0.00166. The second-order valence-corrected chi connectivity index (χ2v) is 7.12. The van der Waals surface area contributed by atoms with Crippen molar-refractivity contribution in [2.45, 2.75) is 12.5 Å². The molecule has 24 heavy (non-hydrogen) atoms. The first-order chi connectivity index (χ1) is 11.6. The van der Waals surface area contributed by atoms with E-state index in [1.54, 1.807) is 6.07 Å². The first-order valence-electron chi connectivity index (χ1n) is 8.27. The number of amides is 1. The van der Waals surface area contributed by atoms with Gasteiger partial charge in [-0.2, -0.15) is 0 Å². The number of rotatable bonds is 5. The van der Waals surface area contributed by atoms with E-state index >= 15 is 0 Å². The summed E-state index contributed by atoms with van der Waals surface area (Å²) in [5, 5.41) is 2.96. The van der Waals surface area contributed by atoms with E-state index in [4.69, 9.17) is 9.47 Å². The van der Waals surface area contributed by atoms with Gasteiger partial charge in [-0.25, -0.2) is 4.39 Å². The quantitative estimate of drug-likeness (QED) is 0.821. The molecule has 2 aliphatic rings. The lowest BCUT2D eigenvalue weighted by Crippen LogP contribution is -2.52. The Labute approximate surface area is 149 Å². The van der Waals surface area contributed by atoms with Gasteiger partial charge in [0.1, 0.15) is 5.82 Å². The number of hydrogen-bond donors (Lipinski definition) is 1. The van der Waals surface area contributed by atoms with Crippen LogP contribution in [0.15, 0.2) is 22.7 Å². The van der Waals surface area contributed by atoms with Crippen molar-refractivity contribution in [3.8, 4) is 0 Å². The molecule has 0 bridgehead atoms. The Morgan fingerprint density at radius 1 is 1.29 bits per heavy atom. The third-order valence-electron chi connectivity index (χ3n) is 4.62. The van der Waals surface area contributed by atoms with Crippen LogP contribution in [0.1, 0.15) is 16.8 Å². The molecule has 3 rings (SSSR count). The van der Waals surface area contributed by atoms with Crippen LogP contribution in [-0.2, 0) is 9.47 Å². The second kappa shape index (κ2) is 8.38. The molecule has 1 amide bonds. The Kier molecular flexibility index (Phi) is 6.21. The average Bonchev–Trinajstić information content (AvgIpc) is 3.09. The molecular weight excluding hydrogens is 379 g/mol. The van der Waals surface area contributed by atoms with E-state index < -0.39 is 5.82 Å². The summed E-state index contributed by atoms with van der Waals surface area (Å²) in [7, 11) is 0. The molecule has 2 atom stereocenters. The van der Waals surface area contributed by atoms with Crippen LogP contribution in [0.25, 0.3) is 0 Å². The number of nitrogens with one attached hydrogen (secondary N) is 1. The highest BCUT2D eigenvalue weighted by molar-refractivity contribution is 9.10. The Balaban J connectivity index is 1.64. The normalized spacial score (nSPS) is 23.2. The van der Waals surface area contributed by atoms with Gasteiger partial charge in [-0.05, 0) is 24.6 Å². The fraction of sp³-hybridized carbons (Fsp3) is 0.588. The van der Waals surface area contributed by atoms with Crippen molar-refractivity contribution < 1.29 is 18.7 Å². The van der Waals surface area contributed by atoms with Crippen LogP contribution in [0.4, 0.5) is 4.39 Å². The van der Waals surface area contributed by atoms with Crippen molar-refractivity contribution in [2.75, 3.05) is 46.1 Å². The van der Waals surface area contributed by atoms with E-state index in [0.717, 1.165) is 45.9 Å². The Morgan fingerprint density at radius 2 is 2.08 bits per heavy atom. The monoisotopic (exact) mass is 400 g/mol. The van der Waals surface area contributed by atoms with Gasteiger partial charge in [0.25, 0.3) is 5.91 Å². The molecule has 0 radical (unpaired) electrons. The number of benzene rings is 1. The minimum absolute atomic E-state index is 0.220. The van der Waals surface area contributed by atoms with Gasteiger partial charge in [0.15, 0.2) is 0 Å². The van der Waals surface area contributed by atoms with E-state index in [2.05, 4.69) is 26.1 Å². The molecule has 132 valence electrons. The van der Waals surface area contributed by atoms with Crippen LogP contribution in [-0.4, -0.2) is 62.9 Å². The van der Waals surface area contributed by atoms with Gasteiger partial charge in [0, 0.05) is 48.2 Å². The van der Waals surface area contributed by atoms with E-state index in [9.17, 15) is 9.18 Å². The Bertz CT molecular complexity index is 555. The van der Waals surface area contributed by atoms with Gasteiger partial charge >= 0.3 is 0 Å². The highest BCUT2D eigenvalue weighted by Gasteiger charge is 2.31. The SMILES string of the molecule is O=C(NCC(C1CCOC1)N1CCOCC1)c1cc(F)cc(Br)c1. The first-order valence-corrected chi connectivity index (χ1v) is 9.06.